The predicted molar refractivity (Wildman–Crippen MR) is 150 cm³/mol. The number of thioether (sulfide) groups is 1. The first-order chi connectivity index (χ1) is 16.5. The highest BCUT2D eigenvalue weighted by atomic mass is 127. The van der Waals surface area contributed by atoms with Gasteiger partial charge >= 0.3 is 0 Å². The Morgan fingerprint density at radius 2 is 1.80 bits per heavy atom. The maximum atomic E-state index is 13.9. The van der Waals surface area contributed by atoms with Crippen molar-refractivity contribution < 1.29 is 17.6 Å². The van der Waals surface area contributed by atoms with Crippen LogP contribution in [-0.2, 0) is 14.8 Å². The van der Waals surface area contributed by atoms with Crippen LogP contribution in [0.15, 0.2) is 75.5 Å². The number of halogens is 3. The Hall–Kier alpha value is -2.08. The minimum Gasteiger partial charge on any atom is -0.323 e. The smallest absolute Gasteiger partial charge is 0.266 e. The summed E-state index contributed by atoms with van der Waals surface area (Å²) >= 11 is 5.19. The van der Waals surface area contributed by atoms with Gasteiger partial charge in [0.25, 0.3) is 5.56 Å². The maximum Gasteiger partial charge on any atom is 0.266 e. The number of hydrogen-bond donors (Lipinski definition) is 2. The summed E-state index contributed by atoms with van der Waals surface area (Å²) in [6.45, 7) is 0. The molecule has 0 fully saturated rings. The molecule has 0 aliphatic carbocycles. The highest BCUT2D eigenvalue weighted by Crippen LogP contribution is 2.26. The van der Waals surface area contributed by atoms with E-state index in [0.717, 1.165) is 18.9 Å². The summed E-state index contributed by atoms with van der Waals surface area (Å²) in [5.74, 6) is -1.20. The van der Waals surface area contributed by atoms with E-state index in [2.05, 4.69) is 55.5 Å². The number of fused-ring (bicyclic) bond motifs is 1. The molecule has 180 valence electrons. The van der Waals surface area contributed by atoms with Crippen LogP contribution in [0.2, 0.25) is 0 Å². The summed E-state index contributed by atoms with van der Waals surface area (Å²) in [4.78, 5) is 30.6. The quantitative estimate of drug-likeness (QED) is 0.175. The fourth-order valence-corrected chi connectivity index (χ4v) is 6.47. The number of carbonyl (C=O) groups is 1. The third kappa shape index (κ3) is 5.84. The minimum absolute atomic E-state index is 0.0460. The number of para-hydroxylation sites is 1. The summed E-state index contributed by atoms with van der Waals surface area (Å²) in [5, 5.41) is 8.27. The molecule has 0 aliphatic rings. The molecule has 13 heteroatoms. The molecule has 0 bridgehead atoms. The van der Waals surface area contributed by atoms with Crippen LogP contribution in [0.5, 0.6) is 0 Å². The van der Waals surface area contributed by atoms with Gasteiger partial charge in [0.05, 0.1) is 32.9 Å². The van der Waals surface area contributed by atoms with Crippen molar-refractivity contribution in [1.29, 1.82) is 0 Å². The fraction of sp³-hybridized carbons (Fsp3) is 0.0455. The Morgan fingerprint density at radius 3 is 2.46 bits per heavy atom. The monoisotopic (exact) mass is 736 g/mol. The number of aromatic nitrogens is 2. The van der Waals surface area contributed by atoms with Gasteiger partial charge in [0.1, 0.15) is 5.82 Å². The second kappa shape index (κ2) is 10.5. The van der Waals surface area contributed by atoms with Gasteiger partial charge in [0.2, 0.25) is 15.9 Å². The minimum atomic E-state index is -3.92. The van der Waals surface area contributed by atoms with Crippen LogP contribution in [-0.4, -0.2) is 29.6 Å². The van der Waals surface area contributed by atoms with Crippen LogP contribution < -0.4 is 16.0 Å². The van der Waals surface area contributed by atoms with Crippen molar-refractivity contribution in [2.24, 2.45) is 5.14 Å². The molecule has 4 rings (SSSR count). The molecular weight excluding hydrogens is 721 g/mol. The number of carbonyl (C=O) groups excluding carboxylic acids is 1. The lowest BCUT2D eigenvalue weighted by Gasteiger charge is -2.14. The van der Waals surface area contributed by atoms with Crippen molar-refractivity contribution in [2.45, 2.75) is 10.1 Å². The fourth-order valence-electron chi connectivity index (χ4n) is 3.18. The lowest BCUT2D eigenvalue weighted by molar-refractivity contribution is -0.113. The first kappa shape index (κ1) is 26.0. The number of hydrogen-bond acceptors (Lipinski definition) is 6. The molecule has 0 atom stereocenters. The lowest BCUT2D eigenvalue weighted by Crippen LogP contribution is -2.23. The van der Waals surface area contributed by atoms with Crippen molar-refractivity contribution >= 4 is 89.5 Å². The molecule has 8 nitrogen and oxygen atoms in total. The average molecular weight is 736 g/mol. The molecule has 1 heterocycles. The first-order valence-corrected chi connectivity index (χ1v) is 14.5. The summed E-state index contributed by atoms with van der Waals surface area (Å²) in [6, 6.07) is 14.8. The van der Waals surface area contributed by atoms with E-state index in [-0.39, 0.29) is 27.1 Å². The number of sulfonamides is 1. The number of anilines is 1. The summed E-state index contributed by atoms with van der Waals surface area (Å²) < 4.78 is 40.1. The third-order valence-corrected chi connectivity index (χ3v) is 8.08. The standard InChI is InChI=1S/C22H15FI2N4O4S2/c23-16-3-1-2-4-18(16)27-19(30)11-34-22-28-20-15(9-12(24)10-17(20)25)21(31)29(22)13-5-7-14(8-6-13)35(26,32)33/h1-10H,11H2,(H,27,30)(H2,26,32,33). The number of rotatable bonds is 6. The number of nitrogens with one attached hydrogen (secondary N) is 1. The Morgan fingerprint density at radius 1 is 1.11 bits per heavy atom. The van der Waals surface area contributed by atoms with E-state index < -0.39 is 21.7 Å². The molecule has 35 heavy (non-hydrogen) atoms. The zero-order chi connectivity index (χ0) is 25.3. The van der Waals surface area contributed by atoms with E-state index in [4.69, 9.17) is 5.14 Å². The van der Waals surface area contributed by atoms with Crippen molar-refractivity contribution in [3.63, 3.8) is 0 Å². The Balaban J connectivity index is 1.77. The van der Waals surface area contributed by atoms with Crippen molar-refractivity contribution in [2.75, 3.05) is 11.1 Å². The van der Waals surface area contributed by atoms with Gasteiger partial charge in [-0.15, -0.1) is 0 Å². The number of amides is 1. The van der Waals surface area contributed by atoms with E-state index in [1.54, 1.807) is 12.1 Å². The van der Waals surface area contributed by atoms with Gasteiger partial charge < -0.3 is 5.32 Å². The van der Waals surface area contributed by atoms with Gasteiger partial charge in [0, 0.05) is 7.14 Å². The molecule has 3 N–H and O–H groups in total. The van der Waals surface area contributed by atoms with Crippen LogP contribution in [0.25, 0.3) is 16.6 Å². The van der Waals surface area contributed by atoms with Crippen molar-refractivity contribution in [3.8, 4) is 5.69 Å². The Labute approximate surface area is 230 Å². The predicted octanol–water partition coefficient (Wildman–Crippen LogP) is 4.11. The number of nitrogens with zero attached hydrogens (tertiary/aromatic N) is 2. The number of nitrogens with two attached hydrogens (primary N) is 1. The van der Waals surface area contributed by atoms with Crippen LogP contribution >= 0.6 is 56.9 Å². The van der Waals surface area contributed by atoms with E-state index in [1.807, 2.05) is 6.07 Å². The SMILES string of the molecule is NS(=O)(=O)c1ccc(-n2c(SCC(=O)Nc3ccccc3F)nc3c(I)cc(I)cc3c2=O)cc1. The molecule has 0 aliphatic heterocycles. The summed E-state index contributed by atoms with van der Waals surface area (Å²) in [7, 11) is -3.92. The summed E-state index contributed by atoms with van der Waals surface area (Å²) in [6.07, 6.45) is 0. The molecular formula is C22H15FI2N4O4S2. The topological polar surface area (TPSA) is 124 Å². The van der Waals surface area contributed by atoms with Gasteiger partial charge in [-0.3, -0.25) is 14.2 Å². The van der Waals surface area contributed by atoms with E-state index in [1.165, 1.54) is 47.0 Å². The molecule has 0 spiro atoms. The van der Waals surface area contributed by atoms with Crippen molar-refractivity contribution in [3.05, 3.63) is 84.0 Å². The Bertz CT molecular complexity index is 1630. The van der Waals surface area contributed by atoms with Crippen LogP contribution in [0, 0.1) is 13.0 Å². The van der Waals surface area contributed by atoms with Crippen LogP contribution in [0.3, 0.4) is 0 Å². The second-order valence-corrected chi connectivity index (χ2v) is 12.1. The molecule has 3 aromatic carbocycles. The zero-order valence-electron chi connectivity index (χ0n) is 17.5. The van der Waals surface area contributed by atoms with E-state index >= 15 is 0 Å². The molecule has 4 aromatic rings. The zero-order valence-corrected chi connectivity index (χ0v) is 23.5. The first-order valence-electron chi connectivity index (χ1n) is 9.77. The normalized spacial score (nSPS) is 11.5. The molecule has 0 saturated carbocycles. The highest BCUT2D eigenvalue weighted by Gasteiger charge is 2.18. The maximum absolute atomic E-state index is 13.9. The average Bonchev–Trinajstić information content (AvgIpc) is 2.79. The second-order valence-electron chi connectivity index (χ2n) is 7.17. The summed E-state index contributed by atoms with van der Waals surface area (Å²) in [5.41, 5.74) is 0.490. The number of primary sulfonamides is 1. The molecule has 1 amide bonds. The van der Waals surface area contributed by atoms with Gasteiger partial charge in [-0.2, -0.15) is 0 Å². The lowest BCUT2D eigenvalue weighted by atomic mass is 10.2. The van der Waals surface area contributed by atoms with Crippen LogP contribution in [0.1, 0.15) is 0 Å². The third-order valence-electron chi connectivity index (χ3n) is 4.76. The molecule has 1 aromatic heterocycles. The van der Waals surface area contributed by atoms with Crippen LogP contribution in [0.4, 0.5) is 10.1 Å². The molecule has 0 unspecified atom stereocenters. The van der Waals surface area contributed by atoms with E-state index in [0.29, 0.717) is 16.6 Å². The van der Waals surface area contributed by atoms with E-state index in [9.17, 15) is 22.4 Å². The van der Waals surface area contributed by atoms with Gasteiger partial charge in [-0.1, -0.05) is 23.9 Å². The molecule has 0 radical (unpaired) electrons. The van der Waals surface area contributed by atoms with Gasteiger partial charge in [-0.05, 0) is 93.7 Å². The van der Waals surface area contributed by atoms with Crippen molar-refractivity contribution in [1.82, 2.24) is 9.55 Å². The highest BCUT2D eigenvalue weighted by molar-refractivity contribution is 14.1. The Kier molecular flexibility index (Phi) is 7.80. The molecule has 0 saturated heterocycles. The van der Waals surface area contributed by atoms with Gasteiger partial charge in [-0.25, -0.2) is 22.9 Å². The largest absolute Gasteiger partial charge is 0.323 e. The van der Waals surface area contributed by atoms with Gasteiger partial charge in [0.15, 0.2) is 5.16 Å². The number of benzene rings is 3.